The second kappa shape index (κ2) is 13.5. The number of imide groups is 1. The number of rotatable bonds is 9. The molecule has 222 valence electrons. The van der Waals surface area contributed by atoms with E-state index in [1.807, 2.05) is 56.3 Å². The van der Waals surface area contributed by atoms with Crippen molar-refractivity contribution in [2.75, 3.05) is 31.6 Å². The van der Waals surface area contributed by atoms with Gasteiger partial charge in [-0.05, 0) is 79.1 Å². The average molecular weight is 665 g/mol. The molecule has 11 heteroatoms. The van der Waals surface area contributed by atoms with Crippen LogP contribution in [0.25, 0.3) is 6.08 Å². The molecule has 0 atom stereocenters. The van der Waals surface area contributed by atoms with Gasteiger partial charge in [0.15, 0.2) is 18.1 Å². The molecular weight excluding hydrogens is 634 g/mol. The molecule has 0 unspecified atom stereocenters. The van der Waals surface area contributed by atoms with Gasteiger partial charge in [-0.25, -0.2) is 0 Å². The number of hydrogen-bond donors (Lipinski definition) is 1. The summed E-state index contributed by atoms with van der Waals surface area (Å²) >= 11 is 4.29. The summed E-state index contributed by atoms with van der Waals surface area (Å²) < 4.78 is 12.1. The monoisotopic (exact) mass is 663 g/mol. The Kier molecular flexibility index (Phi) is 9.52. The van der Waals surface area contributed by atoms with E-state index in [1.165, 1.54) is 5.56 Å². The summed E-state index contributed by atoms with van der Waals surface area (Å²) in [5.41, 5.74) is 4.61. The van der Waals surface area contributed by atoms with E-state index in [2.05, 4.69) is 27.3 Å². The van der Waals surface area contributed by atoms with E-state index in [0.717, 1.165) is 34.2 Å². The average Bonchev–Trinajstić information content (AvgIpc) is 3.26. The Bertz CT molecular complexity index is 1610. The molecule has 9 nitrogen and oxygen atoms in total. The fourth-order valence-corrected chi connectivity index (χ4v) is 6.01. The molecule has 0 spiro atoms. The number of nitrogens with zero attached hydrogens (tertiary/aromatic N) is 2. The number of nitrogens with one attached hydrogen (secondary N) is 1. The molecule has 0 aliphatic carbocycles. The van der Waals surface area contributed by atoms with Crippen molar-refractivity contribution in [2.24, 2.45) is 0 Å². The van der Waals surface area contributed by atoms with Crippen molar-refractivity contribution in [2.45, 2.75) is 26.8 Å². The lowest BCUT2D eigenvalue weighted by Gasteiger charge is -2.29. The second-order valence-electron chi connectivity index (χ2n) is 10.1. The number of benzene rings is 3. The number of ether oxygens (including phenoxy) is 2. The summed E-state index contributed by atoms with van der Waals surface area (Å²) in [7, 11) is 0. The minimum atomic E-state index is -0.529. The van der Waals surface area contributed by atoms with E-state index in [0.29, 0.717) is 46.9 Å². The number of carbonyl (C=O) groups excluding carboxylic acids is 4. The van der Waals surface area contributed by atoms with Gasteiger partial charge in [0.1, 0.15) is 6.54 Å². The van der Waals surface area contributed by atoms with Crippen LogP contribution in [0.3, 0.4) is 0 Å². The number of amides is 4. The summed E-state index contributed by atoms with van der Waals surface area (Å²) in [6, 6.07) is 18.7. The van der Waals surface area contributed by atoms with E-state index >= 15 is 0 Å². The molecule has 0 radical (unpaired) electrons. The number of hydrogen-bond acceptors (Lipinski definition) is 7. The zero-order valence-corrected chi connectivity index (χ0v) is 26.1. The molecule has 2 aliphatic heterocycles. The van der Waals surface area contributed by atoms with Crippen molar-refractivity contribution in [1.29, 1.82) is 0 Å². The van der Waals surface area contributed by atoms with Crippen LogP contribution in [0, 0.1) is 6.92 Å². The van der Waals surface area contributed by atoms with Crippen LogP contribution in [0.15, 0.2) is 70.0 Å². The first kappa shape index (κ1) is 30.4. The highest BCUT2D eigenvalue weighted by Gasteiger charge is 2.37. The van der Waals surface area contributed by atoms with Crippen LogP contribution in [-0.2, 0) is 27.3 Å². The molecule has 2 aliphatic rings. The quantitative estimate of drug-likeness (QED) is 0.289. The van der Waals surface area contributed by atoms with Crippen molar-refractivity contribution in [1.82, 2.24) is 9.80 Å². The van der Waals surface area contributed by atoms with Crippen LogP contribution in [-0.4, -0.2) is 59.1 Å². The molecule has 5 rings (SSSR count). The van der Waals surface area contributed by atoms with Crippen LogP contribution in [0.5, 0.6) is 11.5 Å². The second-order valence-corrected chi connectivity index (χ2v) is 11.9. The summed E-state index contributed by atoms with van der Waals surface area (Å²) in [6.07, 6.45) is 2.31. The maximum absolute atomic E-state index is 13.2. The van der Waals surface area contributed by atoms with E-state index in [9.17, 15) is 19.2 Å². The number of aryl methyl sites for hydroxylation is 1. The highest BCUT2D eigenvalue weighted by atomic mass is 79.9. The number of thioether (sulfide) groups is 1. The van der Waals surface area contributed by atoms with Gasteiger partial charge in [-0.2, -0.15) is 0 Å². The van der Waals surface area contributed by atoms with E-state index in [1.54, 1.807) is 23.1 Å². The van der Waals surface area contributed by atoms with Gasteiger partial charge in [0, 0.05) is 23.2 Å². The molecule has 0 saturated carbocycles. The Balaban J connectivity index is 1.25. The van der Waals surface area contributed by atoms with E-state index < -0.39 is 11.1 Å². The fraction of sp³-hybridized carbons (Fsp3) is 0.250. The molecule has 0 aromatic heterocycles. The SMILES string of the molecule is CCOc1cc(/C=C2\SC(=O)N(CC(=O)N3CCc4ccccc4C3)C2=O)c(Br)cc1OCC(=O)Nc1ccc(C)cc1. The fourth-order valence-electron chi connectivity index (χ4n) is 4.74. The normalized spacial score (nSPS) is 15.5. The van der Waals surface area contributed by atoms with Gasteiger partial charge in [-0.1, -0.05) is 57.9 Å². The zero-order chi connectivity index (χ0) is 30.5. The van der Waals surface area contributed by atoms with Crippen LogP contribution in [0.4, 0.5) is 10.5 Å². The van der Waals surface area contributed by atoms with Crippen LogP contribution >= 0.6 is 27.7 Å². The van der Waals surface area contributed by atoms with Gasteiger partial charge in [-0.3, -0.25) is 24.1 Å². The Hall–Kier alpha value is -4.09. The van der Waals surface area contributed by atoms with Crippen molar-refractivity contribution < 1.29 is 28.7 Å². The lowest BCUT2D eigenvalue weighted by Crippen LogP contribution is -2.44. The van der Waals surface area contributed by atoms with Crippen molar-refractivity contribution >= 4 is 62.4 Å². The lowest BCUT2D eigenvalue weighted by molar-refractivity contribution is -0.136. The predicted molar refractivity (Wildman–Crippen MR) is 169 cm³/mol. The number of carbonyl (C=O) groups is 4. The summed E-state index contributed by atoms with van der Waals surface area (Å²) in [4.78, 5) is 54.3. The molecular formula is C32H30BrN3O6S. The minimum absolute atomic E-state index is 0.191. The lowest BCUT2D eigenvalue weighted by atomic mass is 10.00. The molecule has 1 N–H and O–H groups in total. The number of halogens is 1. The third-order valence-corrected chi connectivity index (χ3v) is 8.59. The summed E-state index contributed by atoms with van der Waals surface area (Å²) in [5.74, 6) is -0.417. The van der Waals surface area contributed by atoms with Crippen LogP contribution < -0.4 is 14.8 Å². The largest absolute Gasteiger partial charge is 0.490 e. The minimum Gasteiger partial charge on any atom is -0.490 e. The predicted octanol–water partition coefficient (Wildman–Crippen LogP) is 5.79. The first-order valence-electron chi connectivity index (χ1n) is 13.8. The highest BCUT2D eigenvalue weighted by molar-refractivity contribution is 9.10. The van der Waals surface area contributed by atoms with Gasteiger partial charge in [0.25, 0.3) is 17.1 Å². The molecule has 3 aromatic rings. The van der Waals surface area contributed by atoms with Crippen LogP contribution in [0.2, 0.25) is 0 Å². The molecule has 3 aromatic carbocycles. The topological polar surface area (TPSA) is 105 Å². The van der Waals surface area contributed by atoms with Gasteiger partial charge in [0.05, 0.1) is 11.5 Å². The first-order chi connectivity index (χ1) is 20.7. The third-order valence-electron chi connectivity index (χ3n) is 6.99. The standard InChI is InChI=1S/C32H30BrN3O6S/c1-3-41-26-14-23(25(33)16-27(26)42-19-29(37)34-24-10-8-20(2)9-11-24)15-28-31(39)36(32(40)43-28)18-30(38)35-13-12-21-6-4-5-7-22(21)17-35/h4-11,14-16H,3,12-13,17-19H2,1-2H3,(H,34,37)/b28-15-. The molecule has 1 fully saturated rings. The molecule has 2 heterocycles. The van der Waals surface area contributed by atoms with Crippen LogP contribution in [0.1, 0.15) is 29.2 Å². The highest BCUT2D eigenvalue weighted by Crippen LogP contribution is 2.38. The van der Waals surface area contributed by atoms with Crippen molar-refractivity contribution in [3.05, 3.63) is 92.3 Å². The number of fused-ring (bicyclic) bond motifs is 1. The van der Waals surface area contributed by atoms with Gasteiger partial charge >= 0.3 is 0 Å². The Labute approximate surface area is 262 Å². The molecule has 43 heavy (non-hydrogen) atoms. The smallest absolute Gasteiger partial charge is 0.294 e. The van der Waals surface area contributed by atoms with Crippen molar-refractivity contribution in [3.63, 3.8) is 0 Å². The van der Waals surface area contributed by atoms with Gasteiger partial charge in [-0.15, -0.1) is 0 Å². The van der Waals surface area contributed by atoms with E-state index in [4.69, 9.17) is 9.47 Å². The Morgan fingerprint density at radius 3 is 2.49 bits per heavy atom. The maximum Gasteiger partial charge on any atom is 0.294 e. The molecule has 0 bridgehead atoms. The molecule has 1 saturated heterocycles. The number of anilines is 1. The summed E-state index contributed by atoms with van der Waals surface area (Å²) in [6.45, 7) is 4.56. The molecule has 4 amide bonds. The van der Waals surface area contributed by atoms with Gasteiger partial charge in [0.2, 0.25) is 5.91 Å². The first-order valence-corrected chi connectivity index (χ1v) is 15.4. The van der Waals surface area contributed by atoms with E-state index in [-0.39, 0.29) is 29.9 Å². The van der Waals surface area contributed by atoms with Gasteiger partial charge < -0.3 is 19.7 Å². The van der Waals surface area contributed by atoms with Crippen molar-refractivity contribution in [3.8, 4) is 11.5 Å². The Morgan fingerprint density at radius 2 is 1.74 bits per heavy atom. The maximum atomic E-state index is 13.2. The summed E-state index contributed by atoms with van der Waals surface area (Å²) in [5, 5.41) is 2.29. The third kappa shape index (κ3) is 7.29. The Morgan fingerprint density at radius 1 is 1.02 bits per heavy atom. The zero-order valence-electron chi connectivity index (χ0n) is 23.7.